The van der Waals surface area contributed by atoms with Gasteiger partial charge in [0, 0.05) is 61.7 Å². The second kappa shape index (κ2) is 30.6. The molecule has 7 unspecified atom stereocenters. The minimum atomic E-state index is -1.72. The fraction of sp³-hybridized carbons (Fsp3) is 0.460. The third-order valence-corrected chi connectivity index (χ3v) is 12.0. The first-order valence-electron chi connectivity index (χ1n) is 24.7. The largest absolute Gasteiger partial charge is 0.481 e. The van der Waals surface area contributed by atoms with Gasteiger partial charge in [0.25, 0.3) is 0 Å². The van der Waals surface area contributed by atoms with Gasteiger partial charge in [-0.15, -0.1) is 0 Å². The molecule has 2 aromatic carbocycles. The molecule has 4 rings (SSSR count). The van der Waals surface area contributed by atoms with Crippen molar-refractivity contribution in [2.45, 2.75) is 133 Å². The predicted molar refractivity (Wildman–Crippen MR) is 276 cm³/mol. The molecule has 0 radical (unpaired) electrons. The van der Waals surface area contributed by atoms with Crippen molar-refractivity contribution in [3.63, 3.8) is 0 Å². The number of aliphatic imine (C=N–C) groups is 1. The van der Waals surface area contributed by atoms with Crippen molar-refractivity contribution < 1.29 is 53.4 Å². The van der Waals surface area contributed by atoms with Crippen LogP contribution in [0.1, 0.15) is 88.5 Å². The van der Waals surface area contributed by atoms with Crippen LogP contribution in [0, 0.1) is 0 Å². The van der Waals surface area contributed by atoms with Gasteiger partial charge in [0.2, 0.25) is 41.4 Å². The number of amides is 7. The topological polar surface area (TPSA) is 413 Å². The lowest BCUT2D eigenvalue weighted by Gasteiger charge is -2.28. The van der Waals surface area contributed by atoms with Gasteiger partial charge in [-0.05, 0) is 62.3 Å². The number of hydrogen-bond acceptors (Lipinski definition) is 12. The van der Waals surface area contributed by atoms with Crippen molar-refractivity contribution in [1.82, 2.24) is 52.2 Å². The molecule has 0 aliphatic rings. The SMILES string of the molecule is CCCCC(NC(C)=O)C(=O)NC(CC(=O)O)C(=O)NC(Cc1cnc[nH]1)C(=O)NC(Cc1ccccc1)C(=O)NC(CCCN=C(N)N)C(=O)NC(Cc1c[nH]c2ccccc12)C(=O)NC(CCCCN)C(=O)O. The normalized spacial score (nSPS) is 13.8. The highest BCUT2D eigenvalue weighted by Crippen LogP contribution is 2.20. The van der Waals surface area contributed by atoms with Crippen molar-refractivity contribution in [2.24, 2.45) is 22.2 Å². The maximum atomic E-state index is 14.7. The van der Waals surface area contributed by atoms with E-state index in [1.807, 2.05) is 25.1 Å². The van der Waals surface area contributed by atoms with Gasteiger partial charge in [-0.2, -0.15) is 0 Å². The van der Waals surface area contributed by atoms with Crippen LogP contribution in [-0.4, -0.2) is 140 Å². The van der Waals surface area contributed by atoms with Gasteiger partial charge in [-0.3, -0.25) is 43.3 Å². The van der Waals surface area contributed by atoms with E-state index >= 15 is 0 Å². The zero-order chi connectivity index (χ0) is 54.9. The van der Waals surface area contributed by atoms with Gasteiger partial charge in [0.1, 0.15) is 42.3 Å². The highest BCUT2D eigenvalue weighted by Gasteiger charge is 2.35. The lowest BCUT2D eigenvalue weighted by Crippen LogP contribution is -2.61. The van der Waals surface area contributed by atoms with Crippen LogP contribution in [0.25, 0.3) is 10.9 Å². The molecule has 0 fully saturated rings. The number of H-pyrrole nitrogens is 2. The second-order valence-electron chi connectivity index (χ2n) is 18.0. The van der Waals surface area contributed by atoms with Crippen molar-refractivity contribution in [1.29, 1.82) is 0 Å². The molecule has 25 heteroatoms. The van der Waals surface area contributed by atoms with Crippen LogP contribution in [-0.2, 0) is 62.4 Å². The summed E-state index contributed by atoms with van der Waals surface area (Å²) < 4.78 is 0. The summed E-state index contributed by atoms with van der Waals surface area (Å²) in [5.41, 5.74) is 19.0. The minimum Gasteiger partial charge on any atom is -0.481 e. The Morgan fingerprint density at radius 1 is 0.613 bits per heavy atom. The van der Waals surface area contributed by atoms with Crippen LogP contribution >= 0.6 is 0 Å². The highest BCUT2D eigenvalue weighted by atomic mass is 16.4. The molecule has 4 aromatic rings. The Morgan fingerprint density at radius 3 is 1.73 bits per heavy atom. The van der Waals surface area contributed by atoms with Crippen molar-refractivity contribution in [3.8, 4) is 0 Å². The Bertz CT molecular complexity index is 2570. The lowest BCUT2D eigenvalue weighted by atomic mass is 10.0. The predicted octanol–water partition coefficient (Wildman–Crippen LogP) is -0.736. The molecule has 0 aliphatic carbocycles. The van der Waals surface area contributed by atoms with Gasteiger partial charge in [0.05, 0.1) is 12.7 Å². The molecule has 75 heavy (non-hydrogen) atoms. The smallest absolute Gasteiger partial charge is 0.326 e. The summed E-state index contributed by atoms with van der Waals surface area (Å²) >= 11 is 0. The molecule has 406 valence electrons. The zero-order valence-electron chi connectivity index (χ0n) is 42.1. The summed E-state index contributed by atoms with van der Waals surface area (Å²) in [5, 5.41) is 38.7. The molecule has 0 saturated heterocycles. The number of benzene rings is 2. The maximum Gasteiger partial charge on any atom is 0.326 e. The first-order valence-corrected chi connectivity index (χ1v) is 24.7. The third kappa shape index (κ3) is 20.2. The number of aromatic nitrogens is 3. The number of unbranched alkanes of at least 4 members (excludes halogenated alkanes) is 2. The highest BCUT2D eigenvalue weighted by molar-refractivity contribution is 5.98. The molecular formula is C50H70N14O11. The molecule has 2 aromatic heterocycles. The number of para-hydroxylation sites is 1. The number of carbonyl (C=O) groups is 9. The van der Waals surface area contributed by atoms with E-state index in [4.69, 9.17) is 17.2 Å². The number of fused-ring (bicyclic) bond motifs is 1. The van der Waals surface area contributed by atoms with E-state index in [0.29, 0.717) is 49.0 Å². The first-order chi connectivity index (χ1) is 35.9. The Kier molecular flexibility index (Phi) is 24.2. The number of nitrogens with one attached hydrogen (secondary N) is 9. The Balaban J connectivity index is 1.68. The number of carboxylic acids is 2. The Hall–Kier alpha value is -8.35. The standard InChI is InChI=1S/C50H70N14O11/c1-3-4-16-35(58-29(2)65)43(68)64-41(25-42(66)67)48(73)63-40(24-32-27-54-28-57-32)47(72)61-38(22-30-13-6-5-7-14-30)45(70)59-36(19-12-21-55-50(52)53)44(69)62-39(23-31-26-56-34-17-9-8-15-33(31)34)46(71)60-37(49(74)75)18-10-11-20-51/h5-9,13-15,17,26-28,35-41,56H,3-4,10-12,16,18-25,51H2,1-2H3,(H,54,57)(H,58,65)(H,59,70)(H,60,71)(H,61,72)(H,62,69)(H,63,73)(H,64,68)(H,66,67)(H,74,75)(H4,52,53,55). The van der Waals surface area contributed by atoms with E-state index in [-0.39, 0.29) is 57.5 Å². The molecular weight excluding hydrogens is 973 g/mol. The molecule has 7 atom stereocenters. The van der Waals surface area contributed by atoms with E-state index in [1.165, 1.54) is 19.4 Å². The second-order valence-corrected chi connectivity index (χ2v) is 18.0. The van der Waals surface area contributed by atoms with Crippen molar-refractivity contribution in [2.75, 3.05) is 13.1 Å². The van der Waals surface area contributed by atoms with Gasteiger partial charge in [-0.1, -0.05) is 68.3 Å². The first kappa shape index (κ1) is 59.2. The number of hydrogen-bond donors (Lipinski definition) is 14. The minimum absolute atomic E-state index is 0.0272. The van der Waals surface area contributed by atoms with E-state index in [2.05, 4.69) is 57.2 Å². The number of imidazole rings is 1. The number of aliphatic carboxylic acids is 2. The summed E-state index contributed by atoms with van der Waals surface area (Å²) in [4.78, 5) is 135. The fourth-order valence-corrected chi connectivity index (χ4v) is 8.08. The van der Waals surface area contributed by atoms with Gasteiger partial charge >= 0.3 is 11.9 Å². The molecule has 0 spiro atoms. The fourth-order valence-electron chi connectivity index (χ4n) is 8.08. The zero-order valence-corrected chi connectivity index (χ0v) is 42.1. The number of nitrogens with zero attached hydrogens (tertiary/aromatic N) is 2. The quantitative estimate of drug-likeness (QED) is 0.0159. The summed E-state index contributed by atoms with van der Waals surface area (Å²) in [5.74, 6) is -8.86. The van der Waals surface area contributed by atoms with Crippen LogP contribution in [0.2, 0.25) is 0 Å². The van der Waals surface area contributed by atoms with Crippen LogP contribution in [0.4, 0.5) is 0 Å². The maximum absolute atomic E-state index is 14.7. The van der Waals surface area contributed by atoms with E-state index in [0.717, 1.165) is 10.9 Å². The van der Waals surface area contributed by atoms with Gasteiger partial charge < -0.3 is 74.6 Å². The number of carboxylic acid groups (broad SMARTS) is 2. The van der Waals surface area contributed by atoms with Crippen LogP contribution in [0.5, 0.6) is 0 Å². The lowest BCUT2D eigenvalue weighted by molar-refractivity contribution is -0.142. The number of rotatable bonds is 33. The monoisotopic (exact) mass is 1040 g/mol. The van der Waals surface area contributed by atoms with Crippen molar-refractivity contribution >= 4 is 70.2 Å². The average Bonchev–Trinajstić information content (AvgIpc) is 4.04. The van der Waals surface area contributed by atoms with E-state index in [1.54, 1.807) is 42.6 Å². The summed E-state index contributed by atoms with van der Waals surface area (Å²) in [6.07, 6.45) is 5.34. The Labute approximate surface area is 433 Å². The number of nitrogens with two attached hydrogens (primary N) is 3. The summed E-state index contributed by atoms with van der Waals surface area (Å²) in [6, 6.07) is 5.86. The van der Waals surface area contributed by atoms with E-state index in [9.17, 15) is 53.4 Å². The summed E-state index contributed by atoms with van der Waals surface area (Å²) in [7, 11) is 0. The van der Waals surface area contributed by atoms with Crippen molar-refractivity contribution in [3.05, 3.63) is 90.1 Å². The number of carbonyl (C=O) groups excluding carboxylic acids is 7. The number of guanidine groups is 1. The average molecular weight is 1040 g/mol. The van der Waals surface area contributed by atoms with Crippen LogP contribution in [0.15, 0.2) is 78.3 Å². The summed E-state index contributed by atoms with van der Waals surface area (Å²) in [6.45, 7) is 3.42. The third-order valence-electron chi connectivity index (χ3n) is 12.0. The van der Waals surface area contributed by atoms with Crippen LogP contribution in [0.3, 0.4) is 0 Å². The van der Waals surface area contributed by atoms with Gasteiger partial charge in [-0.25, -0.2) is 9.78 Å². The number of aromatic amines is 2. The van der Waals surface area contributed by atoms with Crippen LogP contribution < -0.4 is 54.4 Å². The molecule has 7 amide bonds. The molecule has 2 heterocycles. The molecule has 0 saturated carbocycles. The molecule has 0 bridgehead atoms. The molecule has 0 aliphatic heterocycles. The molecule has 17 N–H and O–H groups in total. The Morgan fingerprint density at radius 2 is 1.15 bits per heavy atom. The van der Waals surface area contributed by atoms with Gasteiger partial charge in [0.15, 0.2) is 5.96 Å². The van der Waals surface area contributed by atoms with E-state index < -0.39 is 102 Å². The molecule has 25 nitrogen and oxygen atoms in total.